The second-order valence-corrected chi connectivity index (χ2v) is 4.55. The molecule has 1 atom stereocenters. The predicted molar refractivity (Wildman–Crippen MR) is 68.2 cm³/mol. The van der Waals surface area contributed by atoms with Crippen LogP contribution in [0, 0.1) is 0 Å². The van der Waals surface area contributed by atoms with Gasteiger partial charge >= 0.3 is 0 Å². The maximum atomic E-state index is 5.14. The Labute approximate surface area is 98.0 Å². The molecule has 2 N–H and O–H groups in total. The molecule has 0 aliphatic carbocycles. The Morgan fingerprint density at radius 1 is 1.33 bits per heavy atom. The van der Waals surface area contributed by atoms with Crippen molar-refractivity contribution in [1.29, 1.82) is 0 Å². The lowest BCUT2D eigenvalue weighted by molar-refractivity contribution is 0.116. The Bertz CT molecular complexity index is 210. The van der Waals surface area contributed by atoms with Gasteiger partial charge in [0.1, 0.15) is 0 Å². The maximum absolute atomic E-state index is 5.14. The SMILES string of the molecule is CCNC(=S)NCC1CN(C)CCN1C. The fraction of sp³-hybridized carbons (Fsp3) is 0.900. The van der Waals surface area contributed by atoms with Gasteiger partial charge in [0.15, 0.2) is 5.11 Å². The third kappa shape index (κ3) is 4.32. The average molecular weight is 230 g/mol. The van der Waals surface area contributed by atoms with Gasteiger partial charge in [0, 0.05) is 38.8 Å². The summed E-state index contributed by atoms with van der Waals surface area (Å²) in [5.74, 6) is 0. The molecule has 0 spiro atoms. The Hall–Kier alpha value is -0.390. The number of hydrogen-bond acceptors (Lipinski definition) is 3. The van der Waals surface area contributed by atoms with Crippen LogP contribution in [0.15, 0.2) is 0 Å². The van der Waals surface area contributed by atoms with Crippen molar-refractivity contribution in [3.05, 3.63) is 0 Å². The lowest BCUT2D eigenvalue weighted by Crippen LogP contribution is -2.55. The Morgan fingerprint density at radius 2 is 2.07 bits per heavy atom. The van der Waals surface area contributed by atoms with E-state index >= 15 is 0 Å². The second-order valence-electron chi connectivity index (χ2n) is 4.14. The van der Waals surface area contributed by atoms with E-state index in [-0.39, 0.29) is 0 Å². The highest BCUT2D eigenvalue weighted by atomic mass is 32.1. The van der Waals surface area contributed by atoms with Gasteiger partial charge in [-0.25, -0.2) is 0 Å². The van der Waals surface area contributed by atoms with Crippen LogP contribution in [0.5, 0.6) is 0 Å². The first-order valence-electron chi connectivity index (χ1n) is 5.54. The van der Waals surface area contributed by atoms with E-state index in [1.807, 2.05) is 0 Å². The number of nitrogens with one attached hydrogen (secondary N) is 2. The molecule has 1 aliphatic heterocycles. The van der Waals surface area contributed by atoms with Gasteiger partial charge in [0.25, 0.3) is 0 Å². The van der Waals surface area contributed by atoms with Gasteiger partial charge < -0.3 is 15.5 Å². The number of piperazine rings is 1. The number of rotatable bonds is 3. The minimum Gasteiger partial charge on any atom is -0.363 e. The van der Waals surface area contributed by atoms with Gasteiger partial charge in [-0.15, -0.1) is 0 Å². The third-order valence-corrected chi connectivity index (χ3v) is 3.10. The van der Waals surface area contributed by atoms with Crippen LogP contribution in [0.2, 0.25) is 0 Å². The predicted octanol–water partition coefficient (Wildman–Crippen LogP) is -0.284. The number of hydrogen-bond donors (Lipinski definition) is 2. The van der Waals surface area contributed by atoms with E-state index in [9.17, 15) is 0 Å². The molecule has 1 saturated heterocycles. The molecule has 88 valence electrons. The van der Waals surface area contributed by atoms with E-state index in [1.54, 1.807) is 0 Å². The first-order valence-corrected chi connectivity index (χ1v) is 5.94. The van der Waals surface area contributed by atoms with E-state index in [0.29, 0.717) is 6.04 Å². The lowest BCUT2D eigenvalue weighted by Gasteiger charge is -2.37. The fourth-order valence-corrected chi connectivity index (χ4v) is 1.98. The third-order valence-electron chi connectivity index (χ3n) is 2.82. The first-order chi connectivity index (χ1) is 7.13. The summed E-state index contributed by atoms with van der Waals surface area (Å²) in [5.41, 5.74) is 0. The van der Waals surface area contributed by atoms with Crippen LogP contribution >= 0.6 is 12.2 Å². The van der Waals surface area contributed by atoms with E-state index in [2.05, 4.69) is 41.5 Å². The van der Waals surface area contributed by atoms with Gasteiger partial charge in [0.2, 0.25) is 0 Å². The Morgan fingerprint density at radius 3 is 2.73 bits per heavy atom. The van der Waals surface area contributed by atoms with Crippen molar-refractivity contribution in [3.63, 3.8) is 0 Å². The van der Waals surface area contributed by atoms with Crippen molar-refractivity contribution in [3.8, 4) is 0 Å². The minimum atomic E-state index is 0.556. The van der Waals surface area contributed by atoms with Crippen LogP contribution in [0.4, 0.5) is 0 Å². The molecule has 1 rings (SSSR count). The summed E-state index contributed by atoms with van der Waals surface area (Å²) in [4.78, 5) is 4.75. The zero-order valence-electron chi connectivity index (χ0n) is 9.92. The standard InChI is InChI=1S/C10H22N4S/c1-4-11-10(15)12-7-9-8-13(2)5-6-14(9)3/h9H,4-8H2,1-3H3,(H2,11,12,15). The minimum absolute atomic E-state index is 0.556. The molecular weight excluding hydrogens is 208 g/mol. The van der Waals surface area contributed by atoms with Crippen LogP contribution < -0.4 is 10.6 Å². The van der Waals surface area contributed by atoms with E-state index in [4.69, 9.17) is 12.2 Å². The lowest BCUT2D eigenvalue weighted by atomic mass is 10.2. The molecule has 0 aromatic carbocycles. The largest absolute Gasteiger partial charge is 0.363 e. The molecule has 0 amide bonds. The smallest absolute Gasteiger partial charge is 0.166 e. The molecule has 1 fully saturated rings. The van der Waals surface area contributed by atoms with Gasteiger partial charge in [-0.1, -0.05) is 0 Å². The molecule has 1 heterocycles. The van der Waals surface area contributed by atoms with Crippen LogP contribution in [-0.4, -0.2) is 67.8 Å². The van der Waals surface area contributed by atoms with Gasteiger partial charge in [-0.05, 0) is 33.2 Å². The highest BCUT2D eigenvalue weighted by Gasteiger charge is 2.21. The van der Waals surface area contributed by atoms with E-state index < -0.39 is 0 Å². The Kier molecular flexibility index (Phi) is 5.28. The summed E-state index contributed by atoms with van der Waals surface area (Å²) in [6.45, 7) is 7.26. The summed E-state index contributed by atoms with van der Waals surface area (Å²) in [6.07, 6.45) is 0. The van der Waals surface area contributed by atoms with Crippen molar-refractivity contribution < 1.29 is 0 Å². The van der Waals surface area contributed by atoms with Crippen LogP contribution in [-0.2, 0) is 0 Å². The van der Waals surface area contributed by atoms with E-state index in [1.165, 1.54) is 0 Å². The molecule has 0 radical (unpaired) electrons. The van der Waals surface area contributed by atoms with Crippen LogP contribution in [0.1, 0.15) is 6.92 Å². The Balaban J connectivity index is 2.27. The first kappa shape index (κ1) is 12.7. The van der Waals surface area contributed by atoms with Crippen molar-refractivity contribution in [2.45, 2.75) is 13.0 Å². The second kappa shape index (κ2) is 6.25. The summed E-state index contributed by atoms with van der Waals surface area (Å²) in [6, 6.07) is 0.556. The quantitative estimate of drug-likeness (QED) is 0.651. The molecule has 0 bridgehead atoms. The van der Waals surface area contributed by atoms with Crippen LogP contribution in [0.3, 0.4) is 0 Å². The molecule has 1 aliphatic rings. The molecule has 1 unspecified atom stereocenters. The molecule has 5 heteroatoms. The molecule has 0 aromatic rings. The normalized spacial score (nSPS) is 23.8. The van der Waals surface area contributed by atoms with Gasteiger partial charge in [-0.3, -0.25) is 4.90 Å². The molecule has 15 heavy (non-hydrogen) atoms. The zero-order valence-corrected chi connectivity index (χ0v) is 10.7. The molecule has 0 aromatic heterocycles. The maximum Gasteiger partial charge on any atom is 0.166 e. The summed E-state index contributed by atoms with van der Waals surface area (Å²) in [7, 11) is 4.35. The number of nitrogens with zero attached hydrogens (tertiary/aromatic N) is 2. The van der Waals surface area contributed by atoms with Crippen LogP contribution in [0.25, 0.3) is 0 Å². The average Bonchev–Trinajstić information content (AvgIpc) is 2.20. The summed E-state index contributed by atoms with van der Waals surface area (Å²) in [5, 5.41) is 7.12. The van der Waals surface area contributed by atoms with Crippen molar-refractivity contribution >= 4 is 17.3 Å². The highest BCUT2D eigenvalue weighted by molar-refractivity contribution is 7.80. The zero-order chi connectivity index (χ0) is 11.3. The van der Waals surface area contributed by atoms with Crippen molar-refractivity contribution in [1.82, 2.24) is 20.4 Å². The van der Waals surface area contributed by atoms with Crippen molar-refractivity contribution in [2.24, 2.45) is 0 Å². The molecule has 4 nitrogen and oxygen atoms in total. The number of thiocarbonyl (C=S) groups is 1. The fourth-order valence-electron chi connectivity index (χ4n) is 1.76. The topological polar surface area (TPSA) is 30.5 Å². The summed E-state index contributed by atoms with van der Waals surface area (Å²) < 4.78 is 0. The number of likely N-dealkylation sites (N-methyl/N-ethyl adjacent to an activating group) is 2. The molecule has 0 saturated carbocycles. The molecular formula is C10H22N4S. The monoisotopic (exact) mass is 230 g/mol. The van der Waals surface area contributed by atoms with Gasteiger partial charge in [-0.2, -0.15) is 0 Å². The summed E-state index contributed by atoms with van der Waals surface area (Å²) >= 11 is 5.14. The highest BCUT2D eigenvalue weighted by Crippen LogP contribution is 2.04. The van der Waals surface area contributed by atoms with E-state index in [0.717, 1.165) is 37.8 Å². The van der Waals surface area contributed by atoms with Crippen molar-refractivity contribution in [2.75, 3.05) is 46.8 Å². The van der Waals surface area contributed by atoms with Gasteiger partial charge in [0.05, 0.1) is 0 Å².